The summed E-state index contributed by atoms with van der Waals surface area (Å²) in [5.41, 5.74) is 1.84. The van der Waals surface area contributed by atoms with Gasteiger partial charge in [-0.25, -0.2) is 4.79 Å². The smallest absolute Gasteiger partial charge is 0.325 e. The number of amides is 3. The molecule has 2 aliphatic heterocycles. The van der Waals surface area contributed by atoms with Crippen LogP contribution in [0.15, 0.2) is 48.5 Å². The van der Waals surface area contributed by atoms with Crippen LogP contribution in [0.4, 0.5) is 16.2 Å². The van der Waals surface area contributed by atoms with Gasteiger partial charge in [0.2, 0.25) is 5.91 Å². The monoisotopic (exact) mass is 428 g/mol. The molecule has 4 rings (SSSR count). The van der Waals surface area contributed by atoms with E-state index in [2.05, 4.69) is 4.90 Å². The molecule has 30 heavy (non-hydrogen) atoms. The molecule has 3 amide bonds. The molecule has 8 heteroatoms. The molecular weight excluding hydrogens is 404 g/mol. The molecule has 2 saturated heterocycles. The fraction of sp³-hybridized carbons (Fsp3) is 0.364. The van der Waals surface area contributed by atoms with Crippen LogP contribution in [-0.2, 0) is 4.79 Å². The lowest BCUT2D eigenvalue weighted by atomic mass is 10.2. The van der Waals surface area contributed by atoms with Crippen LogP contribution >= 0.6 is 11.6 Å². The lowest BCUT2D eigenvalue weighted by Crippen LogP contribution is -2.51. The molecule has 158 valence electrons. The number of piperazine rings is 1. The number of hydrogen-bond acceptors (Lipinski definition) is 4. The first kappa shape index (κ1) is 20.3. The molecule has 0 radical (unpaired) electrons. The van der Waals surface area contributed by atoms with Crippen LogP contribution < -0.4 is 14.5 Å². The molecule has 2 aromatic carbocycles. The van der Waals surface area contributed by atoms with E-state index in [1.54, 1.807) is 16.9 Å². The molecule has 2 heterocycles. The van der Waals surface area contributed by atoms with E-state index in [1.807, 2.05) is 53.4 Å². The maximum absolute atomic E-state index is 12.9. The van der Waals surface area contributed by atoms with Crippen LogP contribution in [0, 0.1) is 0 Å². The molecule has 0 N–H and O–H groups in total. The average Bonchev–Trinajstić information content (AvgIpc) is 3.14. The molecule has 2 aliphatic rings. The summed E-state index contributed by atoms with van der Waals surface area (Å²) in [5.74, 6) is 0.637. The zero-order valence-electron chi connectivity index (χ0n) is 17.0. The van der Waals surface area contributed by atoms with Crippen LogP contribution in [-0.4, -0.2) is 74.7 Å². The Morgan fingerprint density at radius 2 is 1.67 bits per heavy atom. The molecule has 0 unspecified atom stereocenters. The van der Waals surface area contributed by atoms with Gasteiger partial charge in [-0.3, -0.25) is 9.69 Å². The fourth-order valence-electron chi connectivity index (χ4n) is 3.93. The van der Waals surface area contributed by atoms with Crippen molar-refractivity contribution in [2.24, 2.45) is 0 Å². The summed E-state index contributed by atoms with van der Waals surface area (Å²) in [4.78, 5) is 33.0. The lowest BCUT2D eigenvalue weighted by Gasteiger charge is -2.36. The number of para-hydroxylation sites is 2. The Bertz CT molecular complexity index is 913. The zero-order valence-corrected chi connectivity index (χ0v) is 17.7. The number of halogens is 1. The average molecular weight is 429 g/mol. The molecule has 0 aromatic heterocycles. The van der Waals surface area contributed by atoms with Crippen molar-refractivity contribution < 1.29 is 14.3 Å². The number of ether oxygens (including phenoxy) is 1. The van der Waals surface area contributed by atoms with Crippen molar-refractivity contribution >= 4 is 34.9 Å². The Balaban J connectivity index is 1.32. The quantitative estimate of drug-likeness (QED) is 0.734. The van der Waals surface area contributed by atoms with Gasteiger partial charge in [0.25, 0.3) is 0 Å². The number of hydrogen-bond donors (Lipinski definition) is 0. The van der Waals surface area contributed by atoms with Gasteiger partial charge in [0.05, 0.1) is 12.8 Å². The van der Waals surface area contributed by atoms with E-state index >= 15 is 0 Å². The molecule has 2 fully saturated rings. The highest BCUT2D eigenvalue weighted by molar-refractivity contribution is 6.30. The van der Waals surface area contributed by atoms with Gasteiger partial charge in [0, 0.05) is 50.0 Å². The van der Waals surface area contributed by atoms with Gasteiger partial charge in [-0.15, -0.1) is 0 Å². The van der Waals surface area contributed by atoms with E-state index in [1.165, 1.54) is 0 Å². The number of carbonyl (C=O) groups is 2. The first-order valence-corrected chi connectivity index (χ1v) is 10.4. The van der Waals surface area contributed by atoms with Crippen molar-refractivity contribution in [3.63, 3.8) is 0 Å². The van der Waals surface area contributed by atoms with Crippen LogP contribution in [0.3, 0.4) is 0 Å². The van der Waals surface area contributed by atoms with Gasteiger partial charge in [-0.2, -0.15) is 0 Å². The summed E-state index contributed by atoms with van der Waals surface area (Å²) in [6, 6.07) is 15.0. The zero-order chi connectivity index (χ0) is 21.1. The summed E-state index contributed by atoms with van der Waals surface area (Å²) < 4.78 is 5.37. The van der Waals surface area contributed by atoms with E-state index < -0.39 is 0 Å². The van der Waals surface area contributed by atoms with Gasteiger partial charge >= 0.3 is 6.03 Å². The van der Waals surface area contributed by atoms with Gasteiger partial charge in [-0.1, -0.05) is 23.7 Å². The Morgan fingerprint density at radius 1 is 0.967 bits per heavy atom. The maximum atomic E-state index is 12.9. The normalized spacial score (nSPS) is 16.9. The highest BCUT2D eigenvalue weighted by atomic mass is 35.5. The molecule has 0 saturated carbocycles. The first-order valence-electron chi connectivity index (χ1n) is 10.0. The molecule has 0 bridgehead atoms. The Morgan fingerprint density at radius 3 is 2.37 bits per heavy atom. The lowest BCUT2D eigenvalue weighted by molar-refractivity contribution is -0.131. The van der Waals surface area contributed by atoms with Gasteiger partial charge in [-0.05, 0) is 36.4 Å². The standard InChI is InChI=1S/C22H25ClN4O3/c1-30-20-5-3-2-4-19(20)27-15-14-26(22(27)29)16-21(28)25-12-10-24(11-13-25)18-8-6-17(23)7-9-18/h2-9H,10-16H2,1H3. The van der Waals surface area contributed by atoms with Crippen LogP contribution in [0.2, 0.25) is 5.02 Å². The predicted molar refractivity (Wildman–Crippen MR) is 118 cm³/mol. The van der Waals surface area contributed by atoms with Gasteiger partial charge < -0.3 is 19.4 Å². The van der Waals surface area contributed by atoms with Gasteiger partial charge in [0.15, 0.2) is 0 Å². The third-order valence-electron chi connectivity index (χ3n) is 5.62. The first-order chi connectivity index (χ1) is 14.6. The Kier molecular flexibility index (Phi) is 5.99. The van der Waals surface area contributed by atoms with Crippen molar-refractivity contribution in [3.05, 3.63) is 53.6 Å². The number of anilines is 2. The number of methoxy groups -OCH3 is 1. The van der Waals surface area contributed by atoms with Crippen LogP contribution in [0.5, 0.6) is 5.75 Å². The van der Waals surface area contributed by atoms with Crippen molar-refractivity contribution in [3.8, 4) is 5.75 Å². The topological polar surface area (TPSA) is 56.3 Å². The van der Waals surface area contributed by atoms with Crippen molar-refractivity contribution in [2.75, 3.05) is 62.7 Å². The highest BCUT2D eigenvalue weighted by Crippen LogP contribution is 2.30. The second-order valence-electron chi connectivity index (χ2n) is 7.37. The number of urea groups is 1. The van der Waals surface area contributed by atoms with E-state index in [0.29, 0.717) is 37.0 Å². The predicted octanol–water partition coefficient (Wildman–Crippen LogP) is 2.94. The summed E-state index contributed by atoms with van der Waals surface area (Å²) in [6.45, 7) is 3.96. The second kappa shape index (κ2) is 8.83. The maximum Gasteiger partial charge on any atom is 0.325 e. The second-order valence-corrected chi connectivity index (χ2v) is 7.81. The highest BCUT2D eigenvalue weighted by Gasteiger charge is 2.33. The molecular formula is C22H25ClN4O3. The molecule has 0 aliphatic carbocycles. The van der Waals surface area contributed by atoms with Crippen molar-refractivity contribution in [1.29, 1.82) is 0 Å². The minimum Gasteiger partial charge on any atom is -0.495 e. The van der Waals surface area contributed by atoms with E-state index in [9.17, 15) is 9.59 Å². The number of nitrogens with zero attached hydrogens (tertiary/aromatic N) is 4. The Labute approximate surface area is 181 Å². The van der Waals surface area contributed by atoms with E-state index in [-0.39, 0.29) is 18.5 Å². The van der Waals surface area contributed by atoms with Gasteiger partial charge in [0.1, 0.15) is 12.3 Å². The van der Waals surface area contributed by atoms with Crippen molar-refractivity contribution in [2.45, 2.75) is 0 Å². The van der Waals surface area contributed by atoms with E-state index in [0.717, 1.165) is 24.5 Å². The largest absolute Gasteiger partial charge is 0.495 e. The molecule has 0 atom stereocenters. The van der Waals surface area contributed by atoms with Crippen LogP contribution in [0.1, 0.15) is 0 Å². The number of carbonyl (C=O) groups excluding carboxylic acids is 2. The molecule has 2 aromatic rings. The summed E-state index contributed by atoms with van der Waals surface area (Å²) in [5, 5.41) is 0.713. The summed E-state index contributed by atoms with van der Waals surface area (Å²) in [6.07, 6.45) is 0. The molecule has 7 nitrogen and oxygen atoms in total. The van der Waals surface area contributed by atoms with Crippen LogP contribution in [0.25, 0.3) is 0 Å². The SMILES string of the molecule is COc1ccccc1N1CCN(CC(=O)N2CCN(c3ccc(Cl)cc3)CC2)C1=O. The summed E-state index contributed by atoms with van der Waals surface area (Å²) in [7, 11) is 1.59. The third-order valence-corrected chi connectivity index (χ3v) is 5.87. The van der Waals surface area contributed by atoms with E-state index in [4.69, 9.17) is 16.3 Å². The number of benzene rings is 2. The third kappa shape index (κ3) is 4.16. The van der Waals surface area contributed by atoms with Crippen molar-refractivity contribution in [1.82, 2.24) is 9.80 Å². The summed E-state index contributed by atoms with van der Waals surface area (Å²) >= 11 is 5.96. The Hall–Kier alpha value is -2.93. The fourth-order valence-corrected chi connectivity index (χ4v) is 4.06. The minimum atomic E-state index is -0.160. The minimum absolute atomic E-state index is 0.0130. The number of rotatable bonds is 5. The molecule has 0 spiro atoms.